The monoisotopic (exact) mass is 367 g/mol. The summed E-state index contributed by atoms with van der Waals surface area (Å²) in [5.74, 6) is 0.291. The van der Waals surface area contributed by atoms with Crippen LogP contribution in [0.2, 0.25) is 0 Å². The molecule has 0 aromatic heterocycles. The lowest BCUT2D eigenvalue weighted by atomic mass is 10.0. The van der Waals surface area contributed by atoms with Gasteiger partial charge in [-0.05, 0) is 75.1 Å². The highest BCUT2D eigenvalue weighted by Crippen LogP contribution is 2.19. The Kier molecular flexibility index (Phi) is 7.25. The van der Waals surface area contributed by atoms with Crippen molar-refractivity contribution in [2.75, 3.05) is 40.3 Å². The molecule has 1 heterocycles. The number of fused-ring (bicyclic) bond motifs is 1. The van der Waals surface area contributed by atoms with E-state index in [1.165, 1.54) is 16.3 Å². The molecule has 4 nitrogen and oxygen atoms in total. The van der Waals surface area contributed by atoms with Crippen molar-refractivity contribution in [1.82, 2.24) is 15.1 Å². The van der Waals surface area contributed by atoms with Crippen LogP contribution in [0.15, 0.2) is 42.5 Å². The first-order chi connectivity index (χ1) is 13.2. The quantitative estimate of drug-likeness (QED) is 0.691. The summed E-state index contributed by atoms with van der Waals surface area (Å²) in [6, 6.07) is 15.2. The Morgan fingerprint density at radius 2 is 1.96 bits per heavy atom. The average Bonchev–Trinajstić information content (AvgIpc) is 3.12. The molecule has 0 saturated carbocycles. The van der Waals surface area contributed by atoms with Gasteiger partial charge in [-0.25, -0.2) is 0 Å². The Morgan fingerprint density at radius 1 is 1.15 bits per heavy atom. The molecule has 1 amide bonds. The standard InChI is InChI=1S/C23H33N3O/c1-25-18-8-13-22(25)23(27)26(2)17-6-5-15-24-16-14-20-11-7-10-19-9-3-4-12-21(19)20/h3-4,7,9-12,22,24H,5-6,8,13-18H2,1-2H3. The van der Waals surface area contributed by atoms with Gasteiger partial charge in [0.05, 0.1) is 6.04 Å². The summed E-state index contributed by atoms with van der Waals surface area (Å²) < 4.78 is 0. The molecule has 1 N–H and O–H groups in total. The molecule has 146 valence electrons. The zero-order chi connectivity index (χ0) is 19.1. The summed E-state index contributed by atoms with van der Waals surface area (Å²) in [7, 11) is 4.01. The van der Waals surface area contributed by atoms with Crippen LogP contribution in [0.1, 0.15) is 31.2 Å². The molecular weight excluding hydrogens is 334 g/mol. The number of likely N-dealkylation sites (tertiary alicyclic amines) is 1. The van der Waals surface area contributed by atoms with Gasteiger partial charge in [0.25, 0.3) is 0 Å². The maximum absolute atomic E-state index is 12.5. The van der Waals surface area contributed by atoms with Crippen molar-refractivity contribution in [2.24, 2.45) is 0 Å². The van der Waals surface area contributed by atoms with Gasteiger partial charge in [0.2, 0.25) is 5.91 Å². The molecule has 0 spiro atoms. The molecule has 2 aromatic carbocycles. The minimum Gasteiger partial charge on any atom is -0.344 e. The maximum atomic E-state index is 12.5. The third-order valence-corrected chi connectivity index (χ3v) is 5.73. The molecule has 0 aliphatic carbocycles. The Bertz CT molecular complexity index is 740. The molecule has 27 heavy (non-hydrogen) atoms. The number of likely N-dealkylation sites (N-methyl/N-ethyl adjacent to an activating group) is 2. The van der Waals surface area contributed by atoms with E-state index in [1.807, 2.05) is 11.9 Å². The summed E-state index contributed by atoms with van der Waals surface area (Å²) in [5, 5.41) is 6.23. The van der Waals surface area contributed by atoms with E-state index in [9.17, 15) is 4.79 Å². The first-order valence-corrected chi connectivity index (χ1v) is 10.3. The second kappa shape index (κ2) is 9.86. The van der Waals surface area contributed by atoms with E-state index < -0.39 is 0 Å². The van der Waals surface area contributed by atoms with Crippen molar-refractivity contribution in [3.05, 3.63) is 48.0 Å². The fraction of sp³-hybridized carbons (Fsp3) is 0.522. The lowest BCUT2D eigenvalue weighted by Crippen LogP contribution is -2.42. The predicted molar refractivity (Wildman–Crippen MR) is 113 cm³/mol. The van der Waals surface area contributed by atoms with E-state index in [-0.39, 0.29) is 6.04 Å². The third-order valence-electron chi connectivity index (χ3n) is 5.73. The van der Waals surface area contributed by atoms with Crippen LogP contribution in [0.3, 0.4) is 0 Å². The van der Waals surface area contributed by atoms with Gasteiger partial charge in [-0.2, -0.15) is 0 Å². The molecule has 1 atom stereocenters. The first-order valence-electron chi connectivity index (χ1n) is 10.3. The van der Waals surface area contributed by atoms with E-state index >= 15 is 0 Å². The smallest absolute Gasteiger partial charge is 0.239 e. The summed E-state index contributed by atoms with van der Waals surface area (Å²) >= 11 is 0. The van der Waals surface area contributed by atoms with Crippen molar-refractivity contribution in [3.63, 3.8) is 0 Å². The predicted octanol–water partition coefficient (Wildman–Crippen LogP) is 3.30. The van der Waals surface area contributed by atoms with Crippen LogP contribution >= 0.6 is 0 Å². The molecule has 1 saturated heterocycles. The number of nitrogens with zero attached hydrogens (tertiary/aromatic N) is 2. The SMILES string of the molecule is CN(CCCCNCCc1cccc2ccccc12)C(=O)C1CCCN1C. The van der Waals surface area contributed by atoms with E-state index in [2.05, 4.69) is 59.7 Å². The number of carbonyl (C=O) groups excluding carboxylic acids is 1. The zero-order valence-electron chi connectivity index (χ0n) is 16.8. The number of benzene rings is 2. The highest BCUT2D eigenvalue weighted by molar-refractivity contribution is 5.85. The number of rotatable bonds is 9. The Morgan fingerprint density at radius 3 is 2.78 bits per heavy atom. The van der Waals surface area contributed by atoms with Crippen molar-refractivity contribution in [1.29, 1.82) is 0 Å². The van der Waals surface area contributed by atoms with Gasteiger partial charge in [0, 0.05) is 13.6 Å². The summed E-state index contributed by atoms with van der Waals surface area (Å²) in [6.45, 7) is 3.91. The molecule has 0 bridgehead atoms. The fourth-order valence-corrected chi connectivity index (χ4v) is 4.04. The Hall–Kier alpha value is -1.91. The normalized spacial score (nSPS) is 17.5. The zero-order valence-corrected chi connectivity index (χ0v) is 16.8. The highest BCUT2D eigenvalue weighted by atomic mass is 16.2. The number of amides is 1. The Balaban J connectivity index is 1.31. The van der Waals surface area contributed by atoms with Crippen LogP contribution in [0, 0.1) is 0 Å². The molecule has 3 rings (SSSR count). The lowest BCUT2D eigenvalue weighted by molar-refractivity contribution is -0.134. The van der Waals surface area contributed by atoms with Crippen LogP contribution in [0.25, 0.3) is 10.8 Å². The van der Waals surface area contributed by atoms with Gasteiger partial charge in [-0.15, -0.1) is 0 Å². The van der Waals surface area contributed by atoms with E-state index in [4.69, 9.17) is 0 Å². The number of hydrogen-bond acceptors (Lipinski definition) is 3. The highest BCUT2D eigenvalue weighted by Gasteiger charge is 2.29. The first kappa shape index (κ1) is 19.8. The molecule has 2 aromatic rings. The van der Waals surface area contributed by atoms with E-state index in [1.54, 1.807) is 0 Å². The maximum Gasteiger partial charge on any atom is 0.239 e. The van der Waals surface area contributed by atoms with Crippen molar-refractivity contribution < 1.29 is 4.79 Å². The van der Waals surface area contributed by atoms with Gasteiger partial charge < -0.3 is 10.2 Å². The van der Waals surface area contributed by atoms with Crippen LogP contribution in [0.4, 0.5) is 0 Å². The van der Waals surface area contributed by atoms with Gasteiger partial charge in [0.1, 0.15) is 0 Å². The van der Waals surface area contributed by atoms with Crippen molar-refractivity contribution in [3.8, 4) is 0 Å². The number of carbonyl (C=O) groups is 1. The average molecular weight is 368 g/mol. The summed E-state index contributed by atoms with van der Waals surface area (Å²) in [5.41, 5.74) is 1.41. The number of hydrogen-bond donors (Lipinski definition) is 1. The van der Waals surface area contributed by atoms with Crippen LogP contribution < -0.4 is 5.32 Å². The third kappa shape index (κ3) is 5.30. The van der Waals surface area contributed by atoms with Gasteiger partial charge >= 0.3 is 0 Å². The van der Waals surface area contributed by atoms with Crippen LogP contribution in [-0.2, 0) is 11.2 Å². The lowest BCUT2D eigenvalue weighted by Gasteiger charge is -2.25. The number of nitrogens with one attached hydrogen (secondary N) is 1. The second-order valence-corrected chi connectivity index (χ2v) is 7.74. The van der Waals surface area contributed by atoms with Gasteiger partial charge in [-0.3, -0.25) is 9.69 Å². The molecule has 1 unspecified atom stereocenters. The molecule has 4 heteroatoms. The number of unbranched alkanes of at least 4 members (excludes halogenated alkanes) is 1. The molecule has 1 aliphatic heterocycles. The summed E-state index contributed by atoms with van der Waals surface area (Å²) in [4.78, 5) is 16.6. The molecule has 0 radical (unpaired) electrons. The fourth-order valence-electron chi connectivity index (χ4n) is 4.04. The largest absolute Gasteiger partial charge is 0.344 e. The minimum absolute atomic E-state index is 0.105. The van der Waals surface area contributed by atoms with E-state index in [0.29, 0.717) is 5.91 Å². The molecular formula is C23H33N3O. The van der Waals surface area contributed by atoms with Gasteiger partial charge in [-0.1, -0.05) is 42.5 Å². The van der Waals surface area contributed by atoms with E-state index in [0.717, 1.165) is 58.3 Å². The Labute approximate surface area is 163 Å². The topological polar surface area (TPSA) is 35.6 Å². The van der Waals surface area contributed by atoms with Crippen LogP contribution in [0.5, 0.6) is 0 Å². The van der Waals surface area contributed by atoms with Crippen molar-refractivity contribution >= 4 is 16.7 Å². The van der Waals surface area contributed by atoms with Gasteiger partial charge in [0.15, 0.2) is 0 Å². The van der Waals surface area contributed by atoms with Crippen LogP contribution in [-0.4, -0.2) is 62.0 Å². The summed E-state index contributed by atoms with van der Waals surface area (Å²) in [6.07, 6.45) is 5.36. The minimum atomic E-state index is 0.105. The second-order valence-electron chi connectivity index (χ2n) is 7.74. The molecule has 1 fully saturated rings. The van der Waals surface area contributed by atoms with Crippen molar-refractivity contribution in [2.45, 2.75) is 38.1 Å². The molecule has 1 aliphatic rings.